The average molecular weight is 710 g/mol. The molecule has 0 spiro atoms. The second kappa shape index (κ2) is 17.9. The molecule has 0 aliphatic heterocycles. The molecule has 5 rings (SSSR count). The Morgan fingerprint density at radius 2 is 1.76 bits per heavy atom. The summed E-state index contributed by atoms with van der Waals surface area (Å²) in [4.78, 5) is 20.1. The second-order valence-corrected chi connectivity index (χ2v) is 14.6. The largest absolute Gasteiger partial charge is 0.490 e. The standard InChI is InChI=1S/C38H51N3O8S/c1-25-9-12-28(50-20-6-18-41(17-4-5-19-42)37(48)36(47)35(46)34(45)32(44)24-43)21-26(25)22-40-38(14-15-38)31-23-39-16-13-29(31)30-7-2-3-8-33(30)49-27-10-11-27/h2-3,7-9,12-13,16,21,23,27,32,34-36,40,42-47H,4-6,10-11,14-15,17-20,22,24H2,1H3. The third kappa shape index (κ3) is 9.83. The van der Waals surface area contributed by atoms with E-state index in [4.69, 9.17) is 9.84 Å². The average Bonchev–Trinajstić information content (AvgIpc) is 4.09. The first-order valence-corrected chi connectivity index (χ1v) is 18.6. The summed E-state index contributed by atoms with van der Waals surface area (Å²) in [6.45, 7) is 2.49. The van der Waals surface area contributed by atoms with E-state index in [1.807, 2.05) is 18.5 Å². The zero-order valence-electron chi connectivity index (χ0n) is 28.7. The van der Waals surface area contributed by atoms with Gasteiger partial charge in [0.1, 0.15) is 24.1 Å². The Bertz CT molecular complexity index is 1550. The minimum absolute atomic E-state index is 0.0388. The quantitative estimate of drug-likeness (QED) is 0.0640. The number of amides is 1. The maximum atomic E-state index is 13.0. The van der Waals surface area contributed by atoms with Gasteiger partial charge in [-0.15, -0.1) is 11.8 Å². The van der Waals surface area contributed by atoms with Crippen LogP contribution in [0.4, 0.5) is 0 Å². The maximum Gasteiger partial charge on any atom is 0.254 e. The van der Waals surface area contributed by atoms with Crippen LogP contribution in [0.1, 0.15) is 61.6 Å². The Balaban J connectivity index is 1.19. The van der Waals surface area contributed by atoms with Crippen LogP contribution in [0, 0.1) is 6.92 Å². The number of unbranched alkanes of at least 4 members (excludes halogenated alkanes) is 1. The first-order chi connectivity index (χ1) is 24.2. The highest BCUT2D eigenvalue weighted by molar-refractivity contribution is 7.99. The molecule has 4 atom stereocenters. The molecule has 3 aromatic rings. The fourth-order valence-electron chi connectivity index (χ4n) is 6.07. The highest BCUT2D eigenvalue weighted by Gasteiger charge is 2.46. The van der Waals surface area contributed by atoms with Crippen molar-refractivity contribution in [1.29, 1.82) is 0 Å². The Labute approximate surface area is 298 Å². The summed E-state index contributed by atoms with van der Waals surface area (Å²) in [6.07, 6.45) is 2.43. The number of carbonyl (C=O) groups excluding carboxylic acids is 1. The van der Waals surface area contributed by atoms with E-state index in [-0.39, 0.29) is 18.7 Å². The number of ether oxygens (including phenoxy) is 1. The Kier molecular flexibility index (Phi) is 13.7. The van der Waals surface area contributed by atoms with Crippen LogP contribution >= 0.6 is 11.8 Å². The van der Waals surface area contributed by atoms with E-state index in [0.29, 0.717) is 44.2 Å². The van der Waals surface area contributed by atoms with E-state index in [0.717, 1.165) is 47.5 Å². The van der Waals surface area contributed by atoms with Crippen molar-refractivity contribution in [3.8, 4) is 16.9 Å². The van der Waals surface area contributed by atoms with Gasteiger partial charge in [-0.25, -0.2) is 0 Å². The number of hydrogen-bond acceptors (Lipinski definition) is 11. The molecule has 0 radical (unpaired) electrons. The van der Waals surface area contributed by atoms with Crippen molar-refractivity contribution in [2.24, 2.45) is 0 Å². The van der Waals surface area contributed by atoms with E-state index in [2.05, 4.69) is 59.7 Å². The smallest absolute Gasteiger partial charge is 0.254 e. The number of aromatic nitrogens is 1. The molecule has 12 heteroatoms. The Morgan fingerprint density at radius 1 is 1.00 bits per heavy atom. The molecule has 1 amide bonds. The number of pyridine rings is 1. The predicted molar refractivity (Wildman–Crippen MR) is 192 cm³/mol. The number of aliphatic hydroxyl groups is 6. The zero-order chi connectivity index (χ0) is 35.7. The number of thioether (sulfide) groups is 1. The van der Waals surface area contributed by atoms with Gasteiger partial charge in [-0.2, -0.15) is 0 Å². The molecule has 1 heterocycles. The lowest BCUT2D eigenvalue weighted by atomic mass is 9.94. The highest BCUT2D eigenvalue weighted by Crippen LogP contribution is 2.50. The van der Waals surface area contributed by atoms with Crippen molar-refractivity contribution in [3.05, 3.63) is 77.6 Å². The molecule has 2 aliphatic rings. The summed E-state index contributed by atoms with van der Waals surface area (Å²) < 4.78 is 6.27. The fraction of sp³-hybridized carbons (Fsp3) is 0.526. The first-order valence-electron chi connectivity index (χ1n) is 17.6. The van der Waals surface area contributed by atoms with E-state index in [9.17, 15) is 30.3 Å². The Morgan fingerprint density at radius 3 is 2.48 bits per heavy atom. The third-order valence-corrected chi connectivity index (χ3v) is 10.6. The lowest BCUT2D eigenvalue weighted by Crippen LogP contribution is -2.53. The number of aliphatic hydroxyl groups excluding tert-OH is 6. The van der Waals surface area contributed by atoms with Crippen LogP contribution in [0.3, 0.4) is 0 Å². The number of rotatable bonds is 21. The van der Waals surface area contributed by atoms with Crippen LogP contribution in [0.15, 0.2) is 65.8 Å². The van der Waals surface area contributed by atoms with Crippen LogP contribution in [0.5, 0.6) is 5.75 Å². The third-order valence-electron chi connectivity index (χ3n) is 9.52. The molecule has 1 aromatic heterocycles. The minimum atomic E-state index is -1.97. The van der Waals surface area contributed by atoms with E-state index < -0.39 is 36.9 Å². The van der Waals surface area contributed by atoms with Crippen LogP contribution in [-0.2, 0) is 16.9 Å². The van der Waals surface area contributed by atoms with E-state index >= 15 is 0 Å². The van der Waals surface area contributed by atoms with Crippen molar-refractivity contribution >= 4 is 17.7 Å². The van der Waals surface area contributed by atoms with Gasteiger partial charge in [0, 0.05) is 54.6 Å². The van der Waals surface area contributed by atoms with Crippen molar-refractivity contribution in [3.63, 3.8) is 0 Å². The van der Waals surface area contributed by atoms with Crippen molar-refractivity contribution in [1.82, 2.24) is 15.2 Å². The van der Waals surface area contributed by atoms with Gasteiger partial charge in [-0.3, -0.25) is 9.78 Å². The molecule has 0 saturated heterocycles. The van der Waals surface area contributed by atoms with Gasteiger partial charge in [-0.1, -0.05) is 24.3 Å². The number of carbonyl (C=O) groups is 1. The molecule has 7 N–H and O–H groups in total. The molecule has 2 aliphatic carbocycles. The Hall–Kier alpha value is -3.07. The monoisotopic (exact) mass is 709 g/mol. The lowest BCUT2D eigenvalue weighted by molar-refractivity contribution is -0.158. The topological polar surface area (TPSA) is 176 Å². The van der Waals surface area contributed by atoms with Gasteiger partial charge in [0.15, 0.2) is 6.10 Å². The second-order valence-electron chi connectivity index (χ2n) is 13.4. The molecule has 272 valence electrons. The molecule has 0 bridgehead atoms. The fourth-order valence-corrected chi connectivity index (χ4v) is 6.97. The summed E-state index contributed by atoms with van der Waals surface area (Å²) >= 11 is 1.67. The van der Waals surface area contributed by atoms with Gasteiger partial charge in [0.25, 0.3) is 5.91 Å². The molecule has 2 aromatic carbocycles. The number of nitrogens with zero attached hydrogens (tertiary/aromatic N) is 2. The zero-order valence-corrected chi connectivity index (χ0v) is 29.5. The van der Waals surface area contributed by atoms with Crippen molar-refractivity contribution in [2.45, 2.75) is 99.4 Å². The summed E-state index contributed by atoms with van der Waals surface area (Å²) in [5, 5.41) is 62.5. The minimum Gasteiger partial charge on any atom is -0.490 e. The summed E-state index contributed by atoms with van der Waals surface area (Å²) in [6, 6.07) is 16.7. The van der Waals surface area contributed by atoms with Crippen LogP contribution in [0.2, 0.25) is 0 Å². The van der Waals surface area contributed by atoms with Crippen molar-refractivity contribution < 1.29 is 40.2 Å². The SMILES string of the molecule is Cc1ccc(SCCCN(CCCCO)C(=O)C(O)C(O)C(O)C(O)CO)cc1CNC1(c2cnccc2-c2ccccc2OC2CC2)CC1. The summed E-state index contributed by atoms with van der Waals surface area (Å²) in [5.41, 5.74) is 5.65. The molecule has 50 heavy (non-hydrogen) atoms. The molecule has 11 nitrogen and oxygen atoms in total. The van der Waals surface area contributed by atoms with Gasteiger partial charge in [0.2, 0.25) is 0 Å². The first kappa shape index (κ1) is 38.2. The number of benzene rings is 2. The normalized spacial score (nSPS) is 17.5. The number of para-hydroxylation sites is 1. The summed E-state index contributed by atoms with van der Waals surface area (Å²) in [7, 11) is 0. The molecule has 2 saturated carbocycles. The predicted octanol–water partition coefficient (Wildman–Crippen LogP) is 2.90. The molecule has 4 unspecified atom stereocenters. The molecular weight excluding hydrogens is 658 g/mol. The van der Waals surface area contributed by atoms with Crippen LogP contribution < -0.4 is 10.1 Å². The molecular formula is C38H51N3O8S. The highest BCUT2D eigenvalue weighted by atomic mass is 32.2. The van der Waals surface area contributed by atoms with E-state index in [1.54, 1.807) is 11.8 Å². The van der Waals surface area contributed by atoms with E-state index in [1.165, 1.54) is 21.6 Å². The number of hydrogen-bond donors (Lipinski definition) is 7. The van der Waals surface area contributed by atoms with Crippen LogP contribution in [-0.4, -0.2) is 109 Å². The van der Waals surface area contributed by atoms with Crippen molar-refractivity contribution in [2.75, 3.05) is 32.1 Å². The number of aryl methyl sites for hydroxylation is 1. The lowest BCUT2D eigenvalue weighted by Gasteiger charge is -2.30. The number of nitrogens with one attached hydrogen (secondary N) is 1. The van der Waals surface area contributed by atoms with Gasteiger partial charge in [-0.05, 0) is 104 Å². The van der Waals surface area contributed by atoms with Crippen LogP contribution in [0.25, 0.3) is 11.1 Å². The maximum absolute atomic E-state index is 13.0. The van der Waals surface area contributed by atoms with Gasteiger partial charge in [0.05, 0.1) is 12.7 Å². The summed E-state index contributed by atoms with van der Waals surface area (Å²) in [5.74, 6) is 0.829. The molecule has 2 fully saturated rings. The van der Waals surface area contributed by atoms with Gasteiger partial charge >= 0.3 is 0 Å². The van der Waals surface area contributed by atoms with Gasteiger partial charge < -0.3 is 45.6 Å².